The minimum absolute atomic E-state index is 0.580. The highest BCUT2D eigenvalue weighted by molar-refractivity contribution is 4.83. The highest BCUT2D eigenvalue weighted by atomic mass is 14.9. The van der Waals surface area contributed by atoms with E-state index in [1.165, 1.54) is 70.8 Å². The van der Waals surface area contributed by atoms with Crippen LogP contribution in [0.3, 0.4) is 0 Å². The lowest BCUT2D eigenvalue weighted by Crippen LogP contribution is -2.37. The predicted octanol–water partition coefficient (Wildman–Crippen LogP) is 4.91. The van der Waals surface area contributed by atoms with Gasteiger partial charge in [0.2, 0.25) is 0 Å². The number of nitrogens with one attached hydrogen (secondary N) is 1. The van der Waals surface area contributed by atoms with Gasteiger partial charge in [-0.25, -0.2) is 0 Å². The van der Waals surface area contributed by atoms with Gasteiger partial charge in [0, 0.05) is 6.04 Å². The molecule has 0 bridgehead atoms. The van der Waals surface area contributed by atoms with Crippen molar-refractivity contribution in [2.75, 3.05) is 6.54 Å². The van der Waals surface area contributed by atoms with E-state index >= 15 is 0 Å². The Morgan fingerprint density at radius 1 is 1.06 bits per heavy atom. The van der Waals surface area contributed by atoms with Gasteiger partial charge in [-0.2, -0.15) is 0 Å². The molecule has 1 heteroatoms. The highest BCUT2D eigenvalue weighted by Gasteiger charge is 2.27. The van der Waals surface area contributed by atoms with Gasteiger partial charge >= 0.3 is 0 Å². The van der Waals surface area contributed by atoms with Crippen LogP contribution in [0.2, 0.25) is 0 Å². The van der Waals surface area contributed by atoms with Crippen molar-refractivity contribution >= 4 is 0 Å². The molecule has 0 aromatic rings. The fourth-order valence-electron chi connectivity index (χ4n) is 3.08. The van der Waals surface area contributed by atoms with Crippen molar-refractivity contribution in [1.82, 2.24) is 5.32 Å². The zero-order valence-corrected chi connectivity index (χ0v) is 12.4. The summed E-state index contributed by atoms with van der Waals surface area (Å²) in [5.41, 5.74) is 0.580. The lowest BCUT2D eigenvalue weighted by atomic mass is 9.75. The minimum Gasteiger partial charge on any atom is -0.314 e. The Bertz CT molecular complexity index is 186. The summed E-state index contributed by atoms with van der Waals surface area (Å²) in [6, 6.07) is 0.800. The number of hydrogen-bond donors (Lipinski definition) is 1. The molecule has 0 heterocycles. The Morgan fingerprint density at radius 3 is 2.47 bits per heavy atom. The lowest BCUT2D eigenvalue weighted by Gasteiger charge is -2.35. The maximum Gasteiger partial charge on any atom is 0.00721 e. The van der Waals surface area contributed by atoms with Gasteiger partial charge in [-0.15, -0.1) is 0 Å². The first-order chi connectivity index (χ1) is 8.14. The topological polar surface area (TPSA) is 12.0 Å². The zero-order chi connectivity index (χ0) is 12.6. The van der Waals surface area contributed by atoms with E-state index in [9.17, 15) is 0 Å². The Morgan fingerprint density at radius 2 is 1.76 bits per heavy atom. The van der Waals surface area contributed by atoms with E-state index in [2.05, 4.69) is 26.1 Å². The third-order valence-electron chi connectivity index (χ3n) is 4.17. The van der Waals surface area contributed by atoms with Gasteiger partial charge in [-0.1, -0.05) is 59.3 Å². The van der Waals surface area contributed by atoms with E-state index < -0.39 is 0 Å². The van der Waals surface area contributed by atoms with Gasteiger partial charge in [0.15, 0.2) is 0 Å². The summed E-state index contributed by atoms with van der Waals surface area (Å²) < 4.78 is 0. The van der Waals surface area contributed by atoms with Crippen molar-refractivity contribution in [2.24, 2.45) is 5.41 Å². The minimum atomic E-state index is 0.580. The summed E-state index contributed by atoms with van der Waals surface area (Å²) in [6.45, 7) is 8.37. The molecule has 1 N–H and O–H groups in total. The smallest absolute Gasteiger partial charge is 0.00721 e. The van der Waals surface area contributed by atoms with Gasteiger partial charge < -0.3 is 5.32 Å². The van der Waals surface area contributed by atoms with Crippen LogP contribution < -0.4 is 5.32 Å². The molecule has 1 nitrogen and oxygen atoms in total. The summed E-state index contributed by atoms with van der Waals surface area (Å²) >= 11 is 0. The molecule has 0 spiro atoms. The second-order valence-electron chi connectivity index (χ2n) is 6.68. The molecule has 102 valence electrons. The van der Waals surface area contributed by atoms with Crippen molar-refractivity contribution in [3.8, 4) is 0 Å². The zero-order valence-electron chi connectivity index (χ0n) is 12.4. The molecule has 0 saturated heterocycles. The molecule has 1 aliphatic rings. The van der Waals surface area contributed by atoms with Crippen LogP contribution in [0, 0.1) is 5.41 Å². The Balaban J connectivity index is 1.95. The first-order valence-corrected chi connectivity index (χ1v) is 7.87. The SMILES string of the molecule is CCCCCCCCNC1CCCC(C)(C)C1. The van der Waals surface area contributed by atoms with Crippen LogP contribution in [-0.2, 0) is 0 Å². The molecule has 0 aromatic carbocycles. The summed E-state index contributed by atoms with van der Waals surface area (Å²) in [4.78, 5) is 0. The van der Waals surface area contributed by atoms with Gasteiger partial charge in [-0.3, -0.25) is 0 Å². The third-order valence-corrected chi connectivity index (χ3v) is 4.17. The van der Waals surface area contributed by atoms with Crippen LogP contribution in [-0.4, -0.2) is 12.6 Å². The summed E-state index contributed by atoms with van der Waals surface area (Å²) in [7, 11) is 0. The van der Waals surface area contributed by atoms with Crippen molar-refractivity contribution in [1.29, 1.82) is 0 Å². The molecule has 0 amide bonds. The summed E-state index contributed by atoms with van der Waals surface area (Å²) in [5.74, 6) is 0. The van der Waals surface area contributed by atoms with Crippen LogP contribution in [0.25, 0.3) is 0 Å². The van der Waals surface area contributed by atoms with Crippen molar-refractivity contribution in [3.63, 3.8) is 0 Å². The fraction of sp³-hybridized carbons (Fsp3) is 1.00. The van der Waals surface area contributed by atoms with Crippen LogP contribution in [0.15, 0.2) is 0 Å². The fourth-order valence-corrected chi connectivity index (χ4v) is 3.08. The highest BCUT2D eigenvalue weighted by Crippen LogP contribution is 2.34. The maximum absolute atomic E-state index is 3.77. The lowest BCUT2D eigenvalue weighted by molar-refractivity contribution is 0.198. The Hall–Kier alpha value is -0.0400. The monoisotopic (exact) mass is 239 g/mol. The largest absolute Gasteiger partial charge is 0.314 e. The average Bonchev–Trinajstić information content (AvgIpc) is 2.27. The van der Waals surface area contributed by atoms with Crippen LogP contribution >= 0.6 is 0 Å². The van der Waals surface area contributed by atoms with E-state index in [0.717, 1.165) is 6.04 Å². The molecule has 0 aromatic heterocycles. The van der Waals surface area contributed by atoms with Crippen LogP contribution in [0.5, 0.6) is 0 Å². The molecule has 1 saturated carbocycles. The molecular formula is C16H33N. The molecule has 0 aliphatic heterocycles. The van der Waals surface area contributed by atoms with E-state index in [1.54, 1.807) is 0 Å². The molecule has 0 radical (unpaired) electrons. The molecule has 1 rings (SSSR count). The molecule has 17 heavy (non-hydrogen) atoms. The Kier molecular flexibility index (Phi) is 7.18. The Labute approximate surface area is 109 Å². The first-order valence-electron chi connectivity index (χ1n) is 7.87. The van der Waals surface area contributed by atoms with Gasteiger partial charge in [0.25, 0.3) is 0 Å². The summed E-state index contributed by atoms with van der Waals surface area (Å²) in [5, 5.41) is 3.77. The maximum atomic E-state index is 3.77. The summed E-state index contributed by atoms with van der Waals surface area (Å²) in [6.07, 6.45) is 14.1. The van der Waals surface area contributed by atoms with Crippen molar-refractivity contribution < 1.29 is 0 Å². The van der Waals surface area contributed by atoms with Crippen LogP contribution in [0.4, 0.5) is 0 Å². The molecule has 1 unspecified atom stereocenters. The molecule has 1 atom stereocenters. The molecule has 1 fully saturated rings. The molecule has 1 aliphatic carbocycles. The second-order valence-corrected chi connectivity index (χ2v) is 6.68. The van der Waals surface area contributed by atoms with Gasteiger partial charge in [0.1, 0.15) is 0 Å². The van der Waals surface area contributed by atoms with Gasteiger partial charge in [0.05, 0.1) is 0 Å². The van der Waals surface area contributed by atoms with Crippen LogP contribution in [0.1, 0.15) is 85.0 Å². The quantitative estimate of drug-likeness (QED) is 0.594. The normalized spacial score (nSPS) is 23.8. The van der Waals surface area contributed by atoms with Gasteiger partial charge in [-0.05, 0) is 37.6 Å². The number of rotatable bonds is 8. The standard InChI is InChI=1S/C16H33N/c1-4-5-6-7-8-9-13-17-15-11-10-12-16(2,3)14-15/h15,17H,4-14H2,1-3H3. The van der Waals surface area contributed by atoms with Crippen molar-refractivity contribution in [3.05, 3.63) is 0 Å². The molecular weight excluding hydrogens is 206 g/mol. The number of hydrogen-bond acceptors (Lipinski definition) is 1. The number of unbranched alkanes of at least 4 members (excludes halogenated alkanes) is 5. The van der Waals surface area contributed by atoms with E-state index in [4.69, 9.17) is 0 Å². The first kappa shape index (κ1) is 15.0. The third kappa shape index (κ3) is 7.08. The van der Waals surface area contributed by atoms with Crippen molar-refractivity contribution in [2.45, 2.75) is 91.0 Å². The van der Waals surface area contributed by atoms with E-state index in [-0.39, 0.29) is 0 Å². The predicted molar refractivity (Wildman–Crippen MR) is 77.4 cm³/mol. The van der Waals surface area contributed by atoms with E-state index in [1.807, 2.05) is 0 Å². The van der Waals surface area contributed by atoms with E-state index in [0.29, 0.717) is 5.41 Å². The second kappa shape index (κ2) is 8.13. The average molecular weight is 239 g/mol.